The van der Waals surface area contributed by atoms with Crippen LogP contribution in [-0.4, -0.2) is 28.3 Å². The van der Waals surface area contributed by atoms with Crippen molar-refractivity contribution in [2.75, 3.05) is 16.8 Å². The van der Waals surface area contributed by atoms with Gasteiger partial charge >= 0.3 is 0 Å². The quantitative estimate of drug-likeness (QED) is 0.944. The summed E-state index contributed by atoms with van der Waals surface area (Å²) in [7, 11) is 0. The molecule has 1 aliphatic heterocycles. The van der Waals surface area contributed by atoms with Crippen molar-refractivity contribution in [3.63, 3.8) is 0 Å². The monoisotopic (exact) mass is 316 g/mol. The number of carbonyl (C=O) groups excluding carboxylic acids is 2. The molecule has 3 rings (SSSR count). The molecule has 6 nitrogen and oxygen atoms in total. The van der Waals surface area contributed by atoms with Crippen molar-refractivity contribution < 1.29 is 9.59 Å². The second-order valence-corrected chi connectivity index (χ2v) is 6.16. The summed E-state index contributed by atoms with van der Waals surface area (Å²) in [5.74, 6) is 0.337. The third-order valence-corrected chi connectivity index (χ3v) is 4.60. The average molecular weight is 316 g/mol. The first-order valence-corrected chi connectivity index (χ1v) is 7.89. The molecule has 1 fully saturated rings. The summed E-state index contributed by atoms with van der Waals surface area (Å²) in [5.41, 5.74) is 1.46. The molecule has 0 spiro atoms. The van der Waals surface area contributed by atoms with E-state index in [2.05, 4.69) is 15.3 Å². The number of rotatable bonds is 3. The zero-order valence-electron chi connectivity index (χ0n) is 12.4. The number of aromatic nitrogens is 2. The maximum absolute atomic E-state index is 12.4. The smallest absolute Gasteiger partial charge is 0.268 e. The zero-order chi connectivity index (χ0) is 15.7. The Kier molecular flexibility index (Phi) is 3.89. The van der Waals surface area contributed by atoms with Crippen LogP contribution in [-0.2, 0) is 4.79 Å². The summed E-state index contributed by atoms with van der Waals surface area (Å²) < 4.78 is 0. The van der Waals surface area contributed by atoms with Crippen LogP contribution in [0, 0.1) is 13.8 Å². The molecule has 0 aromatic carbocycles. The normalized spacial score (nSPS) is 14.5. The molecule has 2 amide bonds. The Balaban J connectivity index is 1.81. The van der Waals surface area contributed by atoms with Gasteiger partial charge in [0.25, 0.3) is 5.91 Å². The summed E-state index contributed by atoms with van der Waals surface area (Å²) in [6.45, 7) is 4.32. The number of aryl methyl sites for hydroxylation is 2. The van der Waals surface area contributed by atoms with E-state index < -0.39 is 0 Å². The second-order valence-electron chi connectivity index (χ2n) is 5.18. The van der Waals surface area contributed by atoms with E-state index >= 15 is 0 Å². The lowest BCUT2D eigenvalue weighted by molar-refractivity contribution is -0.117. The fourth-order valence-electron chi connectivity index (χ4n) is 2.34. The Morgan fingerprint density at radius 3 is 2.82 bits per heavy atom. The highest BCUT2D eigenvalue weighted by molar-refractivity contribution is 7.17. The molecule has 2 aromatic rings. The number of thiazole rings is 1. The molecule has 2 aromatic heterocycles. The van der Waals surface area contributed by atoms with E-state index in [1.54, 1.807) is 17.9 Å². The van der Waals surface area contributed by atoms with Crippen LogP contribution in [0.1, 0.15) is 33.9 Å². The molecule has 0 aliphatic carbocycles. The first-order valence-electron chi connectivity index (χ1n) is 7.07. The molecule has 1 aliphatic rings. The number of amides is 2. The number of nitrogens with zero attached hydrogens (tertiary/aromatic N) is 3. The molecule has 1 saturated heterocycles. The number of pyridine rings is 1. The van der Waals surface area contributed by atoms with Crippen molar-refractivity contribution in [3.05, 3.63) is 34.5 Å². The van der Waals surface area contributed by atoms with Crippen LogP contribution in [0.5, 0.6) is 0 Å². The lowest BCUT2D eigenvalue weighted by atomic mass is 10.3. The van der Waals surface area contributed by atoms with E-state index in [9.17, 15) is 9.59 Å². The molecular weight excluding hydrogens is 300 g/mol. The second kappa shape index (κ2) is 5.84. The SMILES string of the molecule is Cc1cccc(NC(=O)c2sc(N3CCCC3=O)nc2C)n1. The third-order valence-electron chi connectivity index (χ3n) is 3.43. The maximum Gasteiger partial charge on any atom is 0.268 e. The first kappa shape index (κ1) is 14.6. The lowest BCUT2D eigenvalue weighted by Gasteiger charge is -2.10. The van der Waals surface area contributed by atoms with E-state index in [0.717, 1.165) is 12.1 Å². The van der Waals surface area contributed by atoms with E-state index in [1.165, 1.54) is 11.3 Å². The molecule has 22 heavy (non-hydrogen) atoms. The van der Waals surface area contributed by atoms with E-state index in [0.29, 0.717) is 34.5 Å². The zero-order valence-corrected chi connectivity index (χ0v) is 13.2. The van der Waals surface area contributed by atoms with Crippen LogP contribution in [0.25, 0.3) is 0 Å². The van der Waals surface area contributed by atoms with E-state index in [4.69, 9.17) is 0 Å². The lowest BCUT2D eigenvalue weighted by Crippen LogP contribution is -2.23. The number of carbonyl (C=O) groups is 2. The van der Waals surface area contributed by atoms with Gasteiger partial charge in [0.1, 0.15) is 10.7 Å². The van der Waals surface area contributed by atoms with Crippen LogP contribution in [0.4, 0.5) is 10.9 Å². The summed E-state index contributed by atoms with van der Waals surface area (Å²) in [6.07, 6.45) is 1.39. The van der Waals surface area contributed by atoms with Gasteiger partial charge in [0.15, 0.2) is 5.13 Å². The molecule has 0 bridgehead atoms. The third kappa shape index (κ3) is 2.85. The molecule has 0 saturated carbocycles. The van der Waals surface area contributed by atoms with Crippen molar-refractivity contribution in [1.29, 1.82) is 0 Å². The fourth-order valence-corrected chi connectivity index (χ4v) is 3.35. The molecule has 0 atom stereocenters. The highest BCUT2D eigenvalue weighted by Gasteiger charge is 2.26. The van der Waals surface area contributed by atoms with Crippen LogP contribution >= 0.6 is 11.3 Å². The van der Waals surface area contributed by atoms with Gasteiger partial charge in [0.05, 0.1) is 5.69 Å². The van der Waals surface area contributed by atoms with Gasteiger partial charge in [-0.2, -0.15) is 0 Å². The highest BCUT2D eigenvalue weighted by Crippen LogP contribution is 2.29. The number of hydrogen-bond donors (Lipinski definition) is 1. The van der Waals surface area contributed by atoms with Gasteiger partial charge in [-0.1, -0.05) is 17.4 Å². The first-order chi connectivity index (χ1) is 10.5. The predicted molar refractivity (Wildman–Crippen MR) is 85.4 cm³/mol. The minimum absolute atomic E-state index is 0.0704. The summed E-state index contributed by atoms with van der Waals surface area (Å²) in [4.78, 5) is 34.9. The molecule has 1 N–H and O–H groups in total. The Hall–Kier alpha value is -2.28. The van der Waals surface area contributed by atoms with Crippen molar-refractivity contribution >= 4 is 34.1 Å². The van der Waals surface area contributed by atoms with Gasteiger partial charge in [-0.05, 0) is 32.4 Å². The number of nitrogens with one attached hydrogen (secondary N) is 1. The van der Waals surface area contributed by atoms with Crippen molar-refractivity contribution in [2.45, 2.75) is 26.7 Å². The molecule has 0 unspecified atom stereocenters. The molecule has 3 heterocycles. The Bertz CT molecular complexity index is 741. The summed E-state index contributed by atoms with van der Waals surface area (Å²) in [5, 5.41) is 3.37. The molecule has 0 radical (unpaired) electrons. The topological polar surface area (TPSA) is 75.2 Å². The maximum atomic E-state index is 12.4. The van der Waals surface area contributed by atoms with E-state index in [1.807, 2.05) is 19.1 Å². The van der Waals surface area contributed by atoms with Gasteiger partial charge in [0, 0.05) is 18.7 Å². The van der Waals surface area contributed by atoms with Crippen molar-refractivity contribution in [1.82, 2.24) is 9.97 Å². The van der Waals surface area contributed by atoms with E-state index in [-0.39, 0.29) is 11.8 Å². The molecule has 7 heteroatoms. The predicted octanol–water partition coefficient (Wildman–Crippen LogP) is 2.53. The summed E-state index contributed by atoms with van der Waals surface area (Å²) >= 11 is 1.25. The van der Waals surface area contributed by atoms with Gasteiger partial charge in [-0.25, -0.2) is 9.97 Å². The number of hydrogen-bond acceptors (Lipinski definition) is 5. The Morgan fingerprint density at radius 2 is 2.14 bits per heavy atom. The largest absolute Gasteiger partial charge is 0.306 e. The average Bonchev–Trinajstić information content (AvgIpc) is 3.04. The van der Waals surface area contributed by atoms with Crippen molar-refractivity contribution in [3.8, 4) is 0 Å². The highest BCUT2D eigenvalue weighted by atomic mass is 32.1. The van der Waals surface area contributed by atoms with Gasteiger partial charge < -0.3 is 5.32 Å². The van der Waals surface area contributed by atoms with Crippen LogP contribution in [0.15, 0.2) is 18.2 Å². The summed E-state index contributed by atoms with van der Waals surface area (Å²) in [6, 6.07) is 5.45. The minimum Gasteiger partial charge on any atom is -0.306 e. The van der Waals surface area contributed by atoms with Gasteiger partial charge in [-0.15, -0.1) is 0 Å². The Labute approximate surface area is 132 Å². The van der Waals surface area contributed by atoms with Gasteiger partial charge in [-0.3, -0.25) is 14.5 Å². The van der Waals surface area contributed by atoms with Crippen molar-refractivity contribution in [2.24, 2.45) is 0 Å². The standard InChI is InChI=1S/C15H16N4O2S/c1-9-5-3-6-11(16-9)18-14(21)13-10(2)17-15(22-13)19-8-4-7-12(19)20/h3,5-6H,4,7-8H2,1-2H3,(H,16,18,21). The Morgan fingerprint density at radius 1 is 1.32 bits per heavy atom. The van der Waals surface area contributed by atoms with Crippen LogP contribution in [0.2, 0.25) is 0 Å². The van der Waals surface area contributed by atoms with Crippen LogP contribution in [0.3, 0.4) is 0 Å². The molecule has 114 valence electrons. The fraction of sp³-hybridized carbons (Fsp3) is 0.333. The van der Waals surface area contributed by atoms with Crippen LogP contribution < -0.4 is 10.2 Å². The van der Waals surface area contributed by atoms with Gasteiger partial charge in [0.2, 0.25) is 5.91 Å². The number of anilines is 2. The minimum atomic E-state index is -0.244. The molecular formula is C15H16N4O2S.